The molecule has 4 N–H and O–H groups in total. The molecule has 7 heteroatoms. The lowest BCUT2D eigenvalue weighted by Gasteiger charge is -2.15. The Bertz CT molecular complexity index is 380. The third-order valence-electron chi connectivity index (χ3n) is 2.90. The summed E-state index contributed by atoms with van der Waals surface area (Å²) in [6, 6.07) is 0. The zero-order chi connectivity index (χ0) is 12.8. The van der Waals surface area contributed by atoms with Gasteiger partial charge in [0.05, 0.1) is 0 Å². The molecule has 0 amide bonds. The molecule has 1 aromatic heterocycles. The van der Waals surface area contributed by atoms with Crippen LogP contribution in [0.5, 0.6) is 0 Å². The maximum Gasteiger partial charge on any atom is 0.231 e. The van der Waals surface area contributed by atoms with Crippen LogP contribution in [0.4, 0.5) is 17.8 Å². The van der Waals surface area contributed by atoms with Crippen molar-refractivity contribution < 1.29 is 5.11 Å². The van der Waals surface area contributed by atoms with E-state index in [9.17, 15) is 0 Å². The van der Waals surface area contributed by atoms with Crippen molar-refractivity contribution in [3.8, 4) is 0 Å². The molecular weight excluding hydrogens is 232 g/mol. The minimum absolute atomic E-state index is 0.208. The number of nitrogen functional groups attached to an aromatic ring is 1. The maximum absolute atomic E-state index is 8.70. The Morgan fingerprint density at radius 3 is 2.67 bits per heavy atom. The van der Waals surface area contributed by atoms with Crippen molar-refractivity contribution in [3.63, 3.8) is 0 Å². The van der Waals surface area contributed by atoms with E-state index >= 15 is 0 Å². The quantitative estimate of drug-likeness (QED) is 0.623. The number of rotatable bonds is 6. The Kier molecular flexibility index (Phi) is 4.52. The number of anilines is 3. The summed E-state index contributed by atoms with van der Waals surface area (Å²) in [7, 11) is 0. The summed E-state index contributed by atoms with van der Waals surface area (Å²) in [5.74, 6) is 1.42. The third-order valence-corrected chi connectivity index (χ3v) is 2.90. The third kappa shape index (κ3) is 3.43. The van der Waals surface area contributed by atoms with Gasteiger partial charge in [0.2, 0.25) is 17.8 Å². The summed E-state index contributed by atoms with van der Waals surface area (Å²) in [5, 5.41) is 11.8. The second-order valence-electron chi connectivity index (χ2n) is 4.37. The molecule has 0 radical (unpaired) electrons. The van der Waals surface area contributed by atoms with E-state index < -0.39 is 0 Å². The number of hydrogen-bond donors (Lipinski definition) is 3. The number of aromatic nitrogens is 3. The molecule has 1 aliphatic rings. The summed E-state index contributed by atoms with van der Waals surface area (Å²) < 4.78 is 0. The molecule has 2 rings (SSSR count). The van der Waals surface area contributed by atoms with Gasteiger partial charge in [-0.25, -0.2) is 0 Å². The highest BCUT2D eigenvalue weighted by Gasteiger charge is 2.16. The highest BCUT2D eigenvalue weighted by atomic mass is 16.2. The molecule has 7 nitrogen and oxygen atoms in total. The predicted molar refractivity (Wildman–Crippen MR) is 70.5 cm³/mol. The molecule has 0 aliphatic carbocycles. The van der Waals surface area contributed by atoms with Gasteiger partial charge >= 0.3 is 0 Å². The minimum Gasteiger partial charge on any atom is -0.396 e. The summed E-state index contributed by atoms with van der Waals surface area (Å²) >= 11 is 0. The number of nitrogens with two attached hydrogens (primary N) is 1. The topological polar surface area (TPSA) is 100 Å². The molecule has 100 valence electrons. The van der Waals surface area contributed by atoms with Crippen LogP contribution in [-0.4, -0.2) is 46.3 Å². The van der Waals surface area contributed by atoms with Crippen LogP contribution in [0.3, 0.4) is 0 Å². The molecule has 0 atom stereocenters. The van der Waals surface area contributed by atoms with Gasteiger partial charge < -0.3 is 21.1 Å². The average Bonchev–Trinajstić information content (AvgIpc) is 2.88. The van der Waals surface area contributed by atoms with E-state index in [-0.39, 0.29) is 12.6 Å². The Hall–Kier alpha value is -1.63. The SMILES string of the molecule is Nc1nc(NCCCCO)nc(N2CCCC2)n1. The Morgan fingerprint density at radius 1 is 1.17 bits per heavy atom. The van der Waals surface area contributed by atoms with Crippen LogP contribution in [0.15, 0.2) is 0 Å². The zero-order valence-corrected chi connectivity index (χ0v) is 10.5. The first kappa shape index (κ1) is 12.8. The van der Waals surface area contributed by atoms with Crippen LogP contribution >= 0.6 is 0 Å². The molecule has 1 fully saturated rings. The predicted octanol–water partition coefficient (Wildman–Crippen LogP) is 0.238. The fraction of sp³-hybridized carbons (Fsp3) is 0.727. The maximum atomic E-state index is 8.70. The highest BCUT2D eigenvalue weighted by Crippen LogP contribution is 2.17. The molecule has 1 aromatic rings. The number of hydrogen-bond acceptors (Lipinski definition) is 7. The molecule has 18 heavy (non-hydrogen) atoms. The van der Waals surface area contributed by atoms with Crippen molar-refractivity contribution in [2.75, 3.05) is 42.2 Å². The van der Waals surface area contributed by atoms with Crippen LogP contribution < -0.4 is 16.0 Å². The number of nitrogens with zero attached hydrogens (tertiary/aromatic N) is 4. The van der Waals surface area contributed by atoms with Crippen molar-refractivity contribution in [3.05, 3.63) is 0 Å². The van der Waals surface area contributed by atoms with Crippen LogP contribution in [0.25, 0.3) is 0 Å². The minimum atomic E-state index is 0.208. The van der Waals surface area contributed by atoms with Crippen LogP contribution in [-0.2, 0) is 0 Å². The Balaban J connectivity index is 1.97. The first-order valence-corrected chi connectivity index (χ1v) is 6.41. The standard InChI is InChI=1S/C11H20N6O/c12-9-14-10(13-5-1-4-8-18)16-11(15-9)17-6-2-3-7-17/h18H,1-8H2,(H3,12,13,14,15,16). The average molecular weight is 252 g/mol. The van der Waals surface area contributed by atoms with Crippen molar-refractivity contribution in [1.82, 2.24) is 15.0 Å². The lowest BCUT2D eigenvalue weighted by Crippen LogP contribution is -2.22. The fourth-order valence-corrected chi connectivity index (χ4v) is 1.96. The van der Waals surface area contributed by atoms with Crippen molar-refractivity contribution in [2.24, 2.45) is 0 Å². The second-order valence-corrected chi connectivity index (χ2v) is 4.37. The van der Waals surface area contributed by atoms with E-state index in [1.54, 1.807) is 0 Å². The summed E-state index contributed by atoms with van der Waals surface area (Å²) in [5.41, 5.74) is 5.69. The first-order valence-electron chi connectivity index (χ1n) is 6.41. The monoisotopic (exact) mass is 252 g/mol. The van der Waals surface area contributed by atoms with E-state index in [0.717, 1.165) is 32.5 Å². The van der Waals surface area contributed by atoms with Crippen molar-refractivity contribution in [1.29, 1.82) is 0 Å². The van der Waals surface area contributed by atoms with E-state index in [1.807, 2.05) is 0 Å². The van der Waals surface area contributed by atoms with E-state index in [1.165, 1.54) is 12.8 Å². The van der Waals surface area contributed by atoms with Crippen molar-refractivity contribution in [2.45, 2.75) is 25.7 Å². The van der Waals surface area contributed by atoms with Crippen LogP contribution in [0.2, 0.25) is 0 Å². The van der Waals surface area contributed by atoms with Gasteiger partial charge in [0, 0.05) is 26.2 Å². The van der Waals surface area contributed by atoms with Gasteiger partial charge in [-0.15, -0.1) is 0 Å². The number of aliphatic hydroxyl groups excluding tert-OH is 1. The molecule has 1 saturated heterocycles. The smallest absolute Gasteiger partial charge is 0.231 e. The highest BCUT2D eigenvalue weighted by molar-refractivity contribution is 5.42. The van der Waals surface area contributed by atoms with Gasteiger partial charge in [0.1, 0.15) is 0 Å². The molecule has 0 saturated carbocycles. The number of nitrogens with one attached hydrogen (secondary N) is 1. The zero-order valence-electron chi connectivity index (χ0n) is 10.5. The summed E-state index contributed by atoms with van der Waals surface area (Å²) in [4.78, 5) is 14.7. The molecule has 2 heterocycles. The number of aliphatic hydroxyl groups is 1. The van der Waals surface area contributed by atoms with Crippen molar-refractivity contribution >= 4 is 17.8 Å². The number of unbranched alkanes of at least 4 members (excludes halogenated alkanes) is 1. The van der Waals surface area contributed by atoms with Crippen LogP contribution in [0.1, 0.15) is 25.7 Å². The second kappa shape index (κ2) is 6.34. The fourth-order valence-electron chi connectivity index (χ4n) is 1.96. The lowest BCUT2D eigenvalue weighted by molar-refractivity contribution is 0.286. The van der Waals surface area contributed by atoms with Gasteiger partial charge in [-0.1, -0.05) is 0 Å². The lowest BCUT2D eigenvalue weighted by atomic mass is 10.3. The van der Waals surface area contributed by atoms with Gasteiger partial charge in [0.15, 0.2) is 0 Å². The van der Waals surface area contributed by atoms with E-state index in [4.69, 9.17) is 10.8 Å². The largest absolute Gasteiger partial charge is 0.396 e. The molecule has 0 aromatic carbocycles. The van der Waals surface area contributed by atoms with Gasteiger partial charge in [-0.05, 0) is 25.7 Å². The molecule has 0 spiro atoms. The first-order chi connectivity index (χ1) is 8.79. The molecular formula is C11H20N6O. The molecule has 1 aliphatic heterocycles. The van der Waals surface area contributed by atoms with E-state index in [2.05, 4.69) is 25.2 Å². The normalized spacial score (nSPS) is 15.1. The van der Waals surface area contributed by atoms with Crippen LogP contribution in [0, 0.1) is 0 Å². The summed E-state index contributed by atoms with van der Waals surface area (Å²) in [6.07, 6.45) is 3.99. The molecule has 0 bridgehead atoms. The Morgan fingerprint density at radius 2 is 1.94 bits per heavy atom. The van der Waals surface area contributed by atoms with Gasteiger partial charge in [-0.2, -0.15) is 15.0 Å². The van der Waals surface area contributed by atoms with Gasteiger partial charge in [-0.3, -0.25) is 0 Å². The molecule has 0 unspecified atom stereocenters. The van der Waals surface area contributed by atoms with E-state index in [0.29, 0.717) is 11.9 Å². The Labute approximate surface area is 106 Å². The van der Waals surface area contributed by atoms with Gasteiger partial charge in [0.25, 0.3) is 0 Å². The summed E-state index contributed by atoms with van der Waals surface area (Å²) in [6.45, 7) is 2.89.